The van der Waals surface area contributed by atoms with E-state index in [2.05, 4.69) is 4.40 Å². The van der Waals surface area contributed by atoms with E-state index < -0.39 is 21.7 Å². The largest absolute Gasteiger partial charge is 0.354 e. The van der Waals surface area contributed by atoms with Gasteiger partial charge in [-0.2, -0.15) is 8.42 Å². The Morgan fingerprint density at radius 2 is 1.52 bits per heavy atom. The molecule has 2 aliphatic rings. The van der Waals surface area contributed by atoms with Crippen LogP contribution in [0.3, 0.4) is 0 Å². The first kappa shape index (κ1) is 21.2. The van der Waals surface area contributed by atoms with Crippen molar-refractivity contribution in [2.75, 3.05) is 26.2 Å². The van der Waals surface area contributed by atoms with Crippen LogP contribution in [0.1, 0.15) is 29.3 Å². The molecule has 4 rings (SSSR count). The zero-order valence-corrected chi connectivity index (χ0v) is 17.7. The van der Waals surface area contributed by atoms with Gasteiger partial charge in [-0.1, -0.05) is 12.1 Å². The molecule has 0 atom stereocenters. The number of rotatable bonds is 2. The molecule has 2 aromatic rings. The standard InChI is InChI=1S/C22H21F2N3O3S/c1-15-20(16-3-7-18(23)8-4-16)31(29,30)25-21(15)26-11-2-12-27(14-13-26)22(28)17-5-9-19(24)10-6-17/h3-10H,2,11-14H2,1H3. The van der Waals surface area contributed by atoms with Gasteiger partial charge in [-0.15, -0.1) is 4.40 Å². The van der Waals surface area contributed by atoms with Gasteiger partial charge in [0.2, 0.25) is 0 Å². The smallest absolute Gasteiger partial charge is 0.285 e. The number of hydrogen-bond donors (Lipinski definition) is 0. The fourth-order valence-corrected chi connectivity index (χ4v) is 5.38. The molecule has 162 valence electrons. The molecule has 0 saturated carbocycles. The first-order chi connectivity index (χ1) is 14.8. The van der Waals surface area contributed by atoms with E-state index in [-0.39, 0.29) is 10.8 Å². The SMILES string of the molecule is CC1=C(c2ccc(F)cc2)S(=O)(=O)N=C1N1CCCN(C(=O)c2ccc(F)cc2)CC1. The summed E-state index contributed by atoms with van der Waals surface area (Å²) in [6.07, 6.45) is 0.630. The summed E-state index contributed by atoms with van der Waals surface area (Å²) in [5.74, 6) is -0.687. The minimum atomic E-state index is -3.90. The van der Waals surface area contributed by atoms with E-state index >= 15 is 0 Å². The summed E-state index contributed by atoms with van der Waals surface area (Å²) >= 11 is 0. The fraction of sp³-hybridized carbons (Fsp3) is 0.273. The summed E-state index contributed by atoms with van der Waals surface area (Å²) in [6, 6.07) is 10.7. The molecule has 0 unspecified atom stereocenters. The summed E-state index contributed by atoms with van der Waals surface area (Å²) in [6.45, 7) is 3.52. The Kier molecular flexibility index (Phi) is 5.62. The van der Waals surface area contributed by atoms with Crippen molar-refractivity contribution in [3.63, 3.8) is 0 Å². The highest BCUT2D eigenvalue weighted by atomic mass is 32.2. The van der Waals surface area contributed by atoms with Gasteiger partial charge in [0, 0.05) is 37.3 Å². The molecular weight excluding hydrogens is 424 g/mol. The predicted octanol–water partition coefficient (Wildman–Crippen LogP) is 3.29. The molecule has 1 saturated heterocycles. The normalized spacial score (nSPS) is 18.7. The van der Waals surface area contributed by atoms with Crippen LogP contribution >= 0.6 is 0 Å². The molecule has 31 heavy (non-hydrogen) atoms. The number of carbonyl (C=O) groups excluding carboxylic acids is 1. The summed E-state index contributed by atoms with van der Waals surface area (Å²) in [5, 5.41) is 0. The van der Waals surface area contributed by atoms with Crippen molar-refractivity contribution in [2.24, 2.45) is 4.40 Å². The maximum absolute atomic E-state index is 13.3. The van der Waals surface area contributed by atoms with Gasteiger partial charge in [-0.3, -0.25) is 4.79 Å². The van der Waals surface area contributed by atoms with Crippen LogP contribution < -0.4 is 0 Å². The third kappa shape index (κ3) is 4.23. The van der Waals surface area contributed by atoms with Crippen molar-refractivity contribution < 1.29 is 22.0 Å². The lowest BCUT2D eigenvalue weighted by atomic mass is 10.1. The van der Waals surface area contributed by atoms with Crippen molar-refractivity contribution in [3.05, 3.63) is 76.9 Å². The highest BCUT2D eigenvalue weighted by molar-refractivity contribution is 8.00. The third-order valence-corrected chi connectivity index (χ3v) is 6.89. The number of sulfonamides is 1. The van der Waals surface area contributed by atoms with Crippen LogP contribution in [0.25, 0.3) is 4.91 Å². The minimum Gasteiger partial charge on any atom is -0.354 e. The van der Waals surface area contributed by atoms with E-state index in [9.17, 15) is 22.0 Å². The number of hydrogen-bond acceptors (Lipinski definition) is 4. The molecule has 6 nitrogen and oxygen atoms in total. The molecule has 2 aliphatic heterocycles. The van der Waals surface area contributed by atoms with E-state index in [4.69, 9.17) is 0 Å². The number of amidine groups is 1. The second kappa shape index (κ2) is 8.22. The molecule has 0 aliphatic carbocycles. The summed E-state index contributed by atoms with van der Waals surface area (Å²) in [5.41, 5.74) is 1.30. The number of carbonyl (C=O) groups is 1. The molecule has 0 N–H and O–H groups in total. The van der Waals surface area contributed by atoms with Crippen LogP contribution in [0.5, 0.6) is 0 Å². The molecule has 0 aromatic heterocycles. The molecule has 1 fully saturated rings. The van der Waals surface area contributed by atoms with Crippen LogP contribution in [-0.2, 0) is 10.0 Å². The van der Waals surface area contributed by atoms with Gasteiger partial charge in [0.15, 0.2) is 0 Å². The van der Waals surface area contributed by atoms with Gasteiger partial charge in [0.1, 0.15) is 22.4 Å². The quantitative estimate of drug-likeness (QED) is 0.711. The van der Waals surface area contributed by atoms with Gasteiger partial charge < -0.3 is 9.80 Å². The van der Waals surface area contributed by atoms with E-state index in [1.807, 2.05) is 4.90 Å². The van der Waals surface area contributed by atoms with Crippen LogP contribution in [-0.4, -0.2) is 56.1 Å². The maximum Gasteiger partial charge on any atom is 0.285 e. The first-order valence-electron chi connectivity index (χ1n) is 9.88. The number of amides is 1. The second-order valence-electron chi connectivity index (χ2n) is 7.49. The average Bonchev–Trinajstić information content (AvgIpc) is 2.90. The summed E-state index contributed by atoms with van der Waals surface area (Å²) in [4.78, 5) is 16.4. The van der Waals surface area contributed by atoms with Crippen molar-refractivity contribution in [2.45, 2.75) is 13.3 Å². The monoisotopic (exact) mass is 445 g/mol. The molecule has 9 heteroatoms. The predicted molar refractivity (Wildman–Crippen MR) is 114 cm³/mol. The zero-order valence-electron chi connectivity index (χ0n) is 16.9. The molecule has 2 heterocycles. The number of nitrogens with zero attached hydrogens (tertiary/aromatic N) is 3. The van der Waals surface area contributed by atoms with Crippen LogP contribution in [0.4, 0.5) is 8.78 Å². The van der Waals surface area contributed by atoms with Crippen LogP contribution in [0.15, 0.2) is 58.5 Å². The summed E-state index contributed by atoms with van der Waals surface area (Å²) in [7, 11) is -3.90. The van der Waals surface area contributed by atoms with Gasteiger partial charge >= 0.3 is 0 Å². The van der Waals surface area contributed by atoms with E-state index in [1.165, 1.54) is 48.5 Å². The first-order valence-corrected chi connectivity index (χ1v) is 11.3. The number of halogens is 2. The highest BCUT2D eigenvalue weighted by Gasteiger charge is 2.34. The molecule has 0 radical (unpaired) electrons. The van der Waals surface area contributed by atoms with Gasteiger partial charge in [-0.25, -0.2) is 8.78 Å². The van der Waals surface area contributed by atoms with Crippen molar-refractivity contribution in [3.8, 4) is 0 Å². The minimum absolute atomic E-state index is 0.0750. The van der Waals surface area contributed by atoms with Crippen molar-refractivity contribution >= 4 is 26.7 Å². The summed E-state index contributed by atoms with van der Waals surface area (Å²) < 4.78 is 55.8. The van der Waals surface area contributed by atoms with Crippen molar-refractivity contribution in [1.82, 2.24) is 9.80 Å². The Balaban J connectivity index is 1.54. The van der Waals surface area contributed by atoms with E-state index in [0.717, 1.165) is 0 Å². The Morgan fingerprint density at radius 3 is 2.16 bits per heavy atom. The molecule has 0 spiro atoms. The molecule has 2 aromatic carbocycles. The van der Waals surface area contributed by atoms with Gasteiger partial charge in [0.25, 0.3) is 15.9 Å². The average molecular weight is 445 g/mol. The molecular formula is C22H21F2N3O3S. The lowest BCUT2D eigenvalue weighted by Crippen LogP contribution is -2.37. The highest BCUT2D eigenvalue weighted by Crippen LogP contribution is 2.34. The molecule has 1 amide bonds. The third-order valence-electron chi connectivity index (χ3n) is 5.42. The Hall–Kier alpha value is -3.07. The lowest BCUT2D eigenvalue weighted by Gasteiger charge is -2.23. The van der Waals surface area contributed by atoms with Gasteiger partial charge in [-0.05, 0) is 55.3 Å². The van der Waals surface area contributed by atoms with E-state index in [1.54, 1.807) is 11.8 Å². The van der Waals surface area contributed by atoms with Gasteiger partial charge in [0.05, 0.1) is 0 Å². The topological polar surface area (TPSA) is 70.1 Å². The zero-order chi connectivity index (χ0) is 22.2. The number of benzene rings is 2. The van der Waals surface area contributed by atoms with Crippen molar-refractivity contribution in [1.29, 1.82) is 0 Å². The second-order valence-corrected chi connectivity index (χ2v) is 9.03. The Morgan fingerprint density at radius 1 is 0.903 bits per heavy atom. The van der Waals surface area contributed by atoms with E-state index in [0.29, 0.717) is 55.1 Å². The van der Waals surface area contributed by atoms with Crippen LogP contribution in [0, 0.1) is 11.6 Å². The fourth-order valence-electron chi connectivity index (χ4n) is 3.89. The lowest BCUT2D eigenvalue weighted by molar-refractivity contribution is 0.0764. The van der Waals surface area contributed by atoms with Crippen LogP contribution in [0.2, 0.25) is 0 Å². The Bertz CT molecular complexity index is 1170. The Labute approximate surface area is 179 Å². The maximum atomic E-state index is 13.3. The molecule has 0 bridgehead atoms.